The Balaban J connectivity index is 1.96. The maximum absolute atomic E-state index is 12.0. The molecular formula is C17H15Cl2NO3. The number of benzene rings is 2. The second-order valence-electron chi connectivity index (χ2n) is 5.07. The molecule has 0 heterocycles. The molecule has 0 unspecified atom stereocenters. The summed E-state index contributed by atoms with van der Waals surface area (Å²) in [4.78, 5) is 23.9. The van der Waals surface area contributed by atoms with E-state index in [0.717, 1.165) is 11.1 Å². The average Bonchev–Trinajstić information content (AvgIpc) is 2.50. The van der Waals surface area contributed by atoms with Gasteiger partial charge in [0, 0.05) is 5.02 Å². The number of carbonyl (C=O) groups excluding carboxylic acids is 2. The van der Waals surface area contributed by atoms with E-state index >= 15 is 0 Å². The molecule has 0 saturated carbocycles. The van der Waals surface area contributed by atoms with Crippen LogP contribution in [0, 0.1) is 13.8 Å². The van der Waals surface area contributed by atoms with E-state index in [4.69, 9.17) is 27.9 Å². The van der Waals surface area contributed by atoms with Gasteiger partial charge in [-0.25, -0.2) is 4.79 Å². The first-order valence-corrected chi connectivity index (χ1v) is 7.61. The number of ether oxygens (including phenoxy) is 1. The third-order valence-electron chi connectivity index (χ3n) is 3.15. The second-order valence-corrected chi connectivity index (χ2v) is 5.91. The topological polar surface area (TPSA) is 55.4 Å². The highest BCUT2D eigenvalue weighted by Gasteiger charge is 2.13. The molecule has 0 radical (unpaired) electrons. The summed E-state index contributed by atoms with van der Waals surface area (Å²) in [5.74, 6) is -1.02. The summed E-state index contributed by atoms with van der Waals surface area (Å²) >= 11 is 11.7. The highest BCUT2D eigenvalue weighted by molar-refractivity contribution is 6.36. The summed E-state index contributed by atoms with van der Waals surface area (Å²) in [5.41, 5.74) is 2.59. The normalized spacial score (nSPS) is 10.3. The molecule has 120 valence electrons. The lowest BCUT2D eigenvalue weighted by molar-refractivity contribution is -0.119. The molecule has 0 saturated heterocycles. The van der Waals surface area contributed by atoms with Gasteiger partial charge in [0.25, 0.3) is 5.91 Å². The lowest BCUT2D eigenvalue weighted by atomic mass is 10.1. The summed E-state index contributed by atoms with van der Waals surface area (Å²) in [6.07, 6.45) is 0. The number of esters is 1. The van der Waals surface area contributed by atoms with Crippen LogP contribution in [-0.4, -0.2) is 18.5 Å². The number of hydrogen-bond acceptors (Lipinski definition) is 3. The Bertz CT molecular complexity index is 759. The van der Waals surface area contributed by atoms with Gasteiger partial charge in [-0.15, -0.1) is 0 Å². The molecule has 2 aromatic carbocycles. The molecule has 0 aliphatic heterocycles. The minimum Gasteiger partial charge on any atom is -0.452 e. The average molecular weight is 352 g/mol. The standard InChI is InChI=1S/C17H15Cl2NO3/c1-10-3-4-11(2)13(7-10)17(22)23-9-16(21)20-15-6-5-12(18)8-14(15)19/h3-8H,9H2,1-2H3,(H,20,21). The largest absolute Gasteiger partial charge is 0.452 e. The van der Waals surface area contributed by atoms with Gasteiger partial charge in [-0.3, -0.25) is 4.79 Å². The van der Waals surface area contributed by atoms with Gasteiger partial charge in [0.05, 0.1) is 16.3 Å². The molecule has 6 heteroatoms. The minimum atomic E-state index is -0.538. The molecule has 0 aliphatic carbocycles. The molecule has 1 N–H and O–H groups in total. The van der Waals surface area contributed by atoms with Gasteiger partial charge in [0.2, 0.25) is 0 Å². The fourth-order valence-electron chi connectivity index (χ4n) is 1.94. The van der Waals surface area contributed by atoms with E-state index in [9.17, 15) is 9.59 Å². The molecule has 0 fully saturated rings. The van der Waals surface area contributed by atoms with Crippen molar-refractivity contribution in [3.63, 3.8) is 0 Å². The van der Waals surface area contributed by atoms with Crippen molar-refractivity contribution >= 4 is 40.8 Å². The van der Waals surface area contributed by atoms with Crippen LogP contribution < -0.4 is 5.32 Å². The SMILES string of the molecule is Cc1ccc(C)c(C(=O)OCC(=O)Nc2ccc(Cl)cc2Cl)c1. The fourth-order valence-corrected chi connectivity index (χ4v) is 2.40. The Morgan fingerprint density at radius 3 is 2.52 bits per heavy atom. The van der Waals surface area contributed by atoms with Crippen molar-refractivity contribution in [2.45, 2.75) is 13.8 Å². The lowest BCUT2D eigenvalue weighted by Gasteiger charge is -2.09. The maximum Gasteiger partial charge on any atom is 0.338 e. The smallest absolute Gasteiger partial charge is 0.338 e. The highest BCUT2D eigenvalue weighted by atomic mass is 35.5. The number of nitrogens with one attached hydrogen (secondary N) is 1. The zero-order valence-electron chi connectivity index (χ0n) is 12.7. The van der Waals surface area contributed by atoms with Gasteiger partial charge < -0.3 is 10.1 Å². The van der Waals surface area contributed by atoms with Crippen LogP contribution in [0.4, 0.5) is 5.69 Å². The number of carbonyl (C=O) groups is 2. The molecular weight excluding hydrogens is 337 g/mol. The quantitative estimate of drug-likeness (QED) is 0.830. The van der Waals surface area contributed by atoms with Crippen LogP contribution in [0.3, 0.4) is 0 Å². The van der Waals surface area contributed by atoms with E-state index in [1.165, 1.54) is 6.07 Å². The van der Waals surface area contributed by atoms with E-state index < -0.39 is 18.5 Å². The molecule has 0 aliphatic rings. The lowest BCUT2D eigenvalue weighted by Crippen LogP contribution is -2.21. The summed E-state index contributed by atoms with van der Waals surface area (Å²) in [6.45, 7) is 3.29. The van der Waals surface area contributed by atoms with Gasteiger partial charge in [0.15, 0.2) is 6.61 Å². The molecule has 0 aromatic heterocycles. The van der Waals surface area contributed by atoms with Crippen LogP contribution >= 0.6 is 23.2 Å². The van der Waals surface area contributed by atoms with Crippen molar-refractivity contribution in [1.82, 2.24) is 0 Å². The number of halogens is 2. The first-order chi connectivity index (χ1) is 10.9. The number of rotatable bonds is 4. The Kier molecular flexibility index (Phi) is 5.64. The van der Waals surface area contributed by atoms with Crippen LogP contribution in [0.5, 0.6) is 0 Å². The Morgan fingerprint density at radius 1 is 1.09 bits per heavy atom. The van der Waals surface area contributed by atoms with Gasteiger partial charge in [0.1, 0.15) is 0 Å². The van der Waals surface area contributed by atoms with Crippen molar-refractivity contribution < 1.29 is 14.3 Å². The molecule has 0 spiro atoms. The number of aryl methyl sites for hydroxylation is 2. The molecule has 23 heavy (non-hydrogen) atoms. The molecule has 0 bridgehead atoms. The van der Waals surface area contributed by atoms with Crippen LogP contribution in [-0.2, 0) is 9.53 Å². The predicted molar refractivity (Wildman–Crippen MR) is 91.3 cm³/mol. The summed E-state index contributed by atoms with van der Waals surface area (Å²) in [7, 11) is 0. The first kappa shape index (κ1) is 17.3. The fraction of sp³-hybridized carbons (Fsp3) is 0.176. The third-order valence-corrected chi connectivity index (χ3v) is 3.70. The molecule has 1 amide bonds. The van der Waals surface area contributed by atoms with Crippen molar-refractivity contribution in [3.05, 3.63) is 63.1 Å². The van der Waals surface area contributed by atoms with E-state index in [1.54, 1.807) is 18.2 Å². The Labute approximate surface area is 144 Å². The van der Waals surface area contributed by atoms with Crippen LogP contribution in [0.2, 0.25) is 10.0 Å². The highest BCUT2D eigenvalue weighted by Crippen LogP contribution is 2.25. The van der Waals surface area contributed by atoms with Crippen molar-refractivity contribution in [3.8, 4) is 0 Å². The van der Waals surface area contributed by atoms with E-state index in [1.807, 2.05) is 26.0 Å². The summed E-state index contributed by atoms with van der Waals surface area (Å²) in [6, 6.07) is 10.2. The number of anilines is 1. The number of hydrogen-bond donors (Lipinski definition) is 1. The van der Waals surface area contributed by atoms with Gasteiger partial charge in [-0.1, -0.05) is 40.9 Å². The first-order valence-electron chi connectivity index (χ1n) is 6.86. The number of amides is 1. The van der Waals surface area contributed by atoms with E-state index in [-0.39, 0.29) is 0 Å². The van der Waals surface area contributed by atoms with Crippen molar-refractivity contribution in [2.24, 2.45) is 0 Å². The summed E-state index contributed by atoms with van der Waals surface area (Å²) < 4.78 is 5.04. The Morgan fingerprint density at radius 2 is 1.83 bits per heavy atom. The molecule has 2 rings (SSSR count). The van der Waals surface area contributed by atoms with E-state index in [2.05, 4.69) is 5.32 Å². The molecule has 4 nitrogen and oxygen atoms in total. The Hall–Kier alpha value is -2.04. The van der Waals surface area contributed by atoms with E-state index in [0.29, 0.717) is 21.3 Å². The van der Waals surface area contributed by atoms with Crippen LogP contribution in [0.15, 0.2) is 36.4 Å². The van der Waals surface area contributed by atoms with Crippen LogP contribution in [0.1, 0.15) is 21.5 Å². The molecule has 0 atom stereocenters. The minimum absolute atomic E-state index is 0.312. The zero-order chi connectivity index (χ0) is 17.0. The predicted octanol–water partition coefficient (Wildman–Crippen LogP) is 4.41. The van der Waals surface area contributed by atoms with Crippen molar-refractivity contribution in [1.29, 1.82) is 0 Å². The third kappa shape index (κ3) is 4.71. The molecule has 2 aromatic rings. The van der Waals surface area contributed by atoms with Gasteiger partial charge in [-0.2, -0.15) is 0 Å². The monoisotopic (exact) mass is 351 g/mol. The van der Waals surface area contributed by atoms with Crippen molar-refractivity contribution in [2.75, 3.05) is 11.9 Å². The maximum atomic E-state index is 12.0. The van der Waals surface area contributed by atoms with Gasteiger partial charge in [-0.05, 0) is 43.7 Å². The van der Waals surface area contributed by atoms with Crippen LogP contribution in [0.25, 0.3) is 0 Å². The zero-order valence-corrected chi connectivity index (χ0v) is 14.2. The summed E-state index contributed by atoms with van der Waals surface area (Å²) in [5, 5.41) is 3.34. The second kappa shape index (κ2) is 7.49. The van der Waals surface area contributed by atoms with Gasteiger partial charge >= 0.3 is 5.97 Å².